The van der Waals surface area contributed by atoms with Gasteiger partial charge in [-0.1, -0.05) is 0 Å². The summed E-state index contributed by atoms with van der Waals surface area (Å²) >= 11 is 0. The molecule has 3 heterocycles. The van der Waals surface area contributed by atoms with Crippen molar-refractivity contribution in [3.8, 4) is 0 Å². The first kappa shape index (κ1) is 27.9. The van der Waals surface area contributed by atoms with Gasteiger partial charge in [0.05, 0.1) is 19.8 Å². The molecule has 3 aliphatic rings. The van der Waals surface area contributed by atoms with E-state index in [2.05, 4.69) is 0 Å². The van der Waals surface area contributed by atoms with Crippen molar-refractivity contribution in [2.45, 2.75) is 78.9 Å². The summed E-state index contributed by atoms with van der Waals surface area (Å²) in [7, 11) is 0. The van der Waals surface area contributed by atoms with Gasteiger partial charge >= 0.3 is 0 Å². The molecule has 3 aliphatic heterocycles. The minimum atomic E-state index is -2.49. The van der Waals surface area contributed by atoms with Crippen LogP contribution in [0.25, 0.3) is 0 Å². The second kappa shape index (κ2) is 10.8. The highest BCUT2D eigenvalue weighted by Gasteiger charge is 2.62. The summed E-state index contributed by atoms with van der Waals surface area (Å²) in [5.41, 5.74) is 0. The van der Waals surface area contributed by atoms with E-state index in [0.29, 0.717) is 0 Å². The van der Waals surface area contributed by atoms with Crippen LogP contribution in [-0.2, 0) is 23.7 Å². The highest BCUT2D eigenvalue weighted by molar-refractivity contribution is 5.01. The molecule has 0 aromatic carbocycles. The third-order valence-corrected chi connectivity index (χ3v) is 6.27. The van der Waals surface area contributed by atoms with Gasteiger partial charge in [0.1, 0.15) is 74.3 Å². The number of ether oxygens (including phenoxy) is 5. The van der Waals surface area contributed by atoms with Crippen LogP contribution >= 0.6 is 0 Å². The van der Waals surface area contributed by atoms with E-state index in [1.54, 1.807) is 0 Å². The zero-order valence-electron chi connectivity index (χ0n) is 17.8. The molecule has 0 unspecified atom stereocenters. The zero-order chi connectivity index (χ0) is 25.4. The molecule has 0 bridgehead atoms. The van der Waals surface area contributed by atoms with Crippen molar-refractivity contribution in [1.82, 2.24) is 0 Å². The van der Waals surface area contributed by atoms with Gasteiger partial charge in [-0.25, -0.2) is 0 Å². The molecule has 0 aliphatic carbocycles. The lowest BCUT2D eigenvalue weighted by Crippen LogP contribution is -2.63. The molecule has 3 rings (SSSR count). The molecule has 16 heteroatoms. The smallest absolute Gasteiger partial charge is 0.224 e. The zero-order valence-corrected chi connectivity index (χ0v) is 17.8. The largest absolute Gasteiger partial charge is 0.394 e. The number of hydrogen-bond acceptors (Lipinski definition) is 16. The van der Waals surface area contributed by atoms with Gasteiger partial charge in [0.2, 0.25) is 11.6 Å². The molecule has 0 spiro atoms. The van der Waals surface area contributed by atoms with Gasteiger partial charge in [-0.05, 0) is 0 Å². The number of rotatable bonds is 9. The van der Waals surface area contributed by atoms with Crippen LogP contribution in [0.1, 0.15) is 0 Å². The number of aliphatic hydroxyl groups is 11. The fourth-order valence-corrected chi connectivity index (χ4v) is 4.14. The predicted molar refractivity (Wildman–Crippen MR) is 101 cm³/mol. The Morgan fingerprint density at radius 3 is 1.56 bits per heavy atom. The van der Waals surface area contributed by atoms with Crippen LogP contribution in [0.4, 0.5) is 0 Å². The molecule has 3 fully saturated rings. The molecule has 16 nitrogen and oxygen atoms in total. The monoisotopic (exact) mass is 504 g/mol. The van der Waals surface area contributed by atoms with Crippen LogP contribution in [0.15, 0.2) is 0 Å². The highest BCUT2D eigenvalue weighted by Crippen LogP contribution is 2.39. The second-order valence-corrected chi connectivity index (χ2v) is 8.43. The van der Waals surface area contributed by atoms with Crippen molar-refractivity contribution in [3.05, 3.63) is 0 Å². The van der Waals surface area contributed by atoms with Gasteiger partial charge in [-0.15, -0.1) is 0 Å². The predicted octanol–water partition coefficient (Wildman–Crippen LogP) is -7.57. The topological polar surface area (TPSA) is 269 Å². The van der Waals surface area contributed by atoms with E-state index in [0.717, 1.165) is 0 Å². The summed E-state index contributed by atoms with van der Waals surface area (Å²) < 4.78 is 26.9. The molecule has 0 aromatic rings. The van der Waals surface area contributed by atoms with Crippen LogP contribution < -0.4 is 0 Å². The van der Waals surface area contributed by atoms with Crippen molar-refractivity contribution in [1.29, 1.82) is 0 Å². The fraction of sp³-hybridized carbons (Fsp3) is 1.00. The lowest BCUT2D eigenvalue weighted by atomic mass is 9.99. The van der Waals surface area contributed by atoms with Crippen molar-refractivity contribution < 1.29 is 79.9 Å². The van der Waals surface area contributed by atoms with Crippen LogP contribution in [0, 0.1) is 0 Å². The van der Waals surface area contributed by atoms with Crippen molar-refractivity contribution in [2.75, 3.05) is 33.0 Å². The van der Waals surface area contributed by atoms with Gasteiger partial charge in [-0.2, -0.15) is 0 Å². The molecule has 200 valence electrons. The Balaban J connectivity index is 1.87. The number of aliphatic hydroxyl groups excluding tert-OH is 11. The Kier molecular flexibility index (Phi) is 8.85. The van der Waals surface area contributed by atoms with Crippen LogP contribution in [0.3, 0.4) is 0 Å². The van der Waals surface area contributed by atoms with Gasteiger partial charge < -0.3 is 79.9 Å². The Hall–Kier alpha value is -0.640. The Morgan fingerprint density at radius 2 is 1.09 bits per heavy atom. The van der Waals surface area contributed by atoms with E-state index >= 15 is 0 Å². The molecular formula is C18H32O16. The maximum absolute atomic E-state index is 10.7. The van der Waals surface area contributed by atoms with Crippen LogP contribution in [-0.4, -0.2) is 168 Å². The first-order valence-electron chi connectivity index (χ1n) is 10.5. The van der Waals surface area contributed by atoms with E-state index in [4.69, 9.17) is 23.7 Å². The van der Waals surface area contributed by atoms with E-state index in [-0.39, 0.29) is 0 Å². The highest BCUT2D eigenvalue weighted by atomic mass is 16.8. The maximum atomic E-state index is 10.7. The standard InChI is InChI=1S/C18H32O16/c19-1-6-9(23)12(26)13(27)16(31-6)34-18(15(29)11(25)8(3-21)33-18)5-30-17(4-22)14(28)10(24)7(2-20)32-17/h6-16,19-29H,1-5H2/t6-,7+,8-,9-,10+,11-,12+,13-,14-,15+,16-,17+,18+/m1/s1. The molecule has 0 aromatic heterocycles. The lowest BCUT2D eigenvalue weighted by molar-refractivity contribution is -0.399. The molecule has 11 N–H and O–H groups in total. The molecule has 34 heavy (non-hydrogen) atoms. The normalized spacial score (nSPS) is 51.8. The first-order valence-corrected chi connectivity index (χ1v) is 10.5. The minimum absolute atomic E-state index is 0.750. The van der Waals surface area contributed by atoms with Gasteiger partial charge in [0.15, 0.2) is 6.29 Å². The van der Waals surface area contributed by atoms with Crippen molar-refractivity contribution in [2.24, 2.45) is 0 Å². The number of hydrogen-bond donors (Lipinski definition) is 11. The molecule has 0 saturated carbocycles. The fourth-order valence-electron chi connectivity index (χ4n) is 4.14. The SMILES string of the molecule is OC[C@@H]1O[C@](CO)(OC[C@@]2(O[C@H]3O[C@H](CO)[C@@H](O)[C@H](O)[C@H]3O)O[C@H](CO)[C@@H](O)[C@@H]2O)[C@H](O)[C@H]1O. The van der Waals surface area contributed by atoms with Crippen molar-refractivity contribution >= 4 is 0 Å². The quantitative estimate of drug-likeness (QED) is 0.139. The third kappa shape index (κ3) is 4.71. The summed E-state index contributed by atoms with van der Waals surface area (Å²) in [5.74, 6) is -4.84. The summed E-state index contributed by atoms with van der Waals surface area (Å²) in [6, 6.07) is 0. The van der Waals surface area contributed by atoms with E-state index < -0.39 is 112 Å². The summed E-state index contributed by atoms with van der Waals surface area (Å²) in [6.07, 6.45) is -19.0. The van der Waals surface area contributed by atoms with Gasteiger partial charge in [0.25, 0.3) is 0 Å². The summed E-state index contributed by atoms with van der Waals surface area (Å²) in [4.78, 5) is 0. The molecule has 0 radical (unpaired) electrons. The Bertz CT molecular complexity index is 668. The second-order valence-electron chi connectivity index (χ2n) is 8.43. The van der Waals surface area contributed by atoms with E-state index in [1.807, 2.05) is 0 Å². The average Bonchev–Trinajstić information content (AvgIpc) is 3.23. The van der Waals surface area contributed by atoms with Crippen LogP contribution in [0.5, 0.6) is 0 Å². The van der Waals surface area contributed by atoms with Gasteiger partial charge in [0, 0.05) is 0 Å². The molecule has 13 atom stereocenters. The first-order chi connectivity index (χ1) is 16.0. The minimum Gasteiger partial charge on any atom is -0.394 e. The third-order valence-electron chi connectivity index (χ3n) is 6.27. The summed E-state index contributed by atoms with van der Waals surface area (Å²) in [5, 5.41) is 109. The average molecular weight is 504 g/mol. The summed E-state index contributed by atoms with van der Waals surface area (Å²) in [6.45, 7) is -4.40. The van der Waals surface area contributed by atoms with Crippen LogP contribution in [0.2, 0.25) is 0 Å². The molecular weight excluding hydrogens is 472 g/mol. The van der Waals surface area contributed by atoms with Gasteiger partial charge in [-0.3, -0.25) is 0 Å². The Morgan fingerprint density at radius 1 is 0.588 bits per heavy atom. The van der Waals surface area contributed by atoms with E-state index in [1.165, 1.54) is 0 Å². The van der Waals surface area contributed by atoms with Crippen molar-refractivity contribution in [3.63, 3.8) is 0 Å². The maximum Gasteiger partial charge on any atom is 0.224 e. The Labute approximate surface area is 192 Å². The van der Waals surface area contributed by atoms with E-state index in [9.17, 15) is 56.2 Å². The lowest BCUT2D eigenvalue weighted by Gasteiger charge is -2.44. The molecule has 0 amide bonds. The molecule has 3 saturated heterocycles.